The molecule has 2 aromatic heterocycles. The average Bonchev–Trinajstić information content (AvgIpc) is 3.40. The van der Waals surface area contributed by atoms with E-state index in [1.165, 1.54) is 0 Å². The fourth-order valence-electron chi connectivity index (χ4n) is 11.3. The van der Waals surface area contributed by atoms with E-state index in [1.54, 1.807) is 11.1 Å². The number of ether oxygens (including phenoxy) is 2. The molecule has 1 unspecified atom stereocenters. The number of carboxylic acid groups (broad SMARTS) is 1. The zero-order valence-electron chi connectivity index (χ0n) is 30.1. The average molecular weight is 761 g/mol. The highest BCUT2D eigenvalue weighted by Gasteiger charge is 2.67. The van der Waals surface area contributed by atoms with E-state index in [9.17, 15) is 23.5 Å². The van der Waals surface area contributed by atoms with Crippen LogP contribution in [0.3, 0.4) is 0 Å². The Morgan fingerprint density at radius 1 is 0.981 bits per heavy atom. The molecule has 11 nitrogen and oxygen atoms in total. The van der Waals surface area contributed by atoms with Crippen molar-refractivity contribution in [2.75, 3.05) is 37.7 Å². The molecule has 10 rings (SSSR count). The van der Waals surface area contributed by atoms with Gasteiger partial charge in [-0.2, -0.15) is 8.78 Å². The number of hydrogen-bond donors (Lipinski definition) is 2. The number of halogens is 5. The molecule has 0 aromatic carbocycles. The maximum Gasteiger partial charge on any atom is 0.330 e. The van der Waals surface area contributed by atoms with Crippen LogP contribution in [0.4, 0.5) is 33.6 Å². The lowest BCUT2D eigenvalue weighted by molar-refractivity contribution is -0.174. The van der Waals surface area contributed by atoms with Crippen LogP contribution in [0.5, 0.6) is 5.88 Å². The highest BCUT2D eigenvalue weighted by atomic mass is 19.3. The molecule has 3 aliphatic heterocycles. The van der Waals surface area contributed by atoms with Crippen molar-refractivity contribution >= 4 is 23.5 Å². The van der Waals surface area contributed by atoms with Gasteiger partial charge in [0.25, 0.3) is 17.8 Å². The second-order valence-corrected chi connectivity index (χ2v) is 17.3. The van der Waals surface area contributed by atoms with Crippen molar-refractivity contribution in [1.29, 1.82) is 0 Å². The lowest BCUT2D eigenvalue weighted by Crippen LogP contribution is -2.72. The van der Waals surface area contributed by atoms with Gasteiger partial charge in [-0.3, -0.25) is 9.69 Å². The number of amides is 1. The first-order valence-electron chi connectivity index (χ1n) is 19.2. The summed E-state index contributed by atoms with van der Waals surface area (Å²) in [6.07, 6.45) is 8.05. The van der Waals surface area contributed by atoms with Crippen LogP contribution in [0.15, 0.2) is 18.5 Å². The number of likely N-dealkylation sites (tertiary alicyclic amines) is 1. The molecule has 292 valence electrons. The molecular formula is C38H45F5N6O5. The third-order valence-corrected chi connectivity index (χ3v) is 13.7. The fourth-order valence-corrected chi connectivity index (χ4v) is 11.3. The number of fused-ring (bicyclic) bond motifs is 2. The Hall–Kier alpha value is -3.66. The van der Waals surface area contributed by atoms with Gasteiger partial charge in [0.2, 0.25) is 11.8 Å². The molecule has 2 saturated heterocycles. The number of nitrogens with zero attached hydrogens (tertiary/aromatic N) is 5. The largest absolute Gasteiger partial charge is 0.479 e. The van der Waals surface area contributed by atoms with Gasteiger partial charge in [0.1, 0.15) is 23.0 Å². The van der Waals surface area contributed by atoms with Crippen LogP contribution < -0.4 is 15.0 Å². The van der Waals surface area contributed by atoms with Crippen molar-refractivity contribution < 1.29 is 46.1 Å². The van der Waals surface area contributed by atoms with Crippen molar-refractivity contribution in [3.8, 4) is 5.88 Å². The fraction of sp³-hybridized carbons (Fsp3) is 0.711. The Bertz CT molecular complexity index is 1820. The summed E-state index contributed by atoms with van der Waals surface area (Å²) >= 11 is 0. The van der Waals surface area contributed by atoms with Crippen molar-refractivity contribution in [1.82, 2.24) is 25.2 Å². The quantitative estimate of drug-likeness (QED) is 0.313. The summed E-state index contributed by atoms with van der Waals surface area (Å²) in [5.74, 6) is -9.42. The number of carbonyl (C=O) groups excluding carboxylic acids is 1. The van der Waals surface area contributed by atoms with E-state index in [0.717, 1.165) is 24.6 Å². The summed E-state index contributed by atoms with van der Waals surface area (Å²) in [4.78, 5) is 43.7. The molecule has 2 aromatic rings. The van der Waals surface area contributed by atoms with E-state index in [2.05, 4.69) is 20.3 Å². The van der Waals surface area contributed by atoms with Gasteiger partial charge in [0.05, 0.1) is 30.5 Å². The van der Waals surface area contributed by atoms with Crippen molar-refractivity contribution in [2.24, 2.45) is 17.8 Å². The molecule has 5 aliphatic carbocycles. The van der Waals surface area contributed by atoms with E-state index in [0.29, 0.717) is 83.2 Å². The van der Waals surface area contributed by atoms with Crippen LogP contribution in [0.25, 0.3) is 0 Å². The first-order valence-corrected chi connectivity index (χ1v) is 19.2. The van der Waals surface area contributed by atoms with Crippen LogP contribution in [0.2, 0.25) is 0 Å². The third-order valence-electron chi connectivity index (χ3n) is 13.7. The van der Waals surface area contributed by atoms with Gasteiger partial charge in [-0.05, 0) is 93.9 Å². The predicted octanol–water partition coefficient (Wildman–Crippen LogP) is 5.93. The molecule has 1 amide bonds. The predicted molar refractivity (Wildman–Crippen MR) is 183 cm³/mol. The number of aliphatic carboxylic acids is 1. The Labute approximate surface area is 309 Å². The van der Waals surface area contributed by atoms with Gasteiger partial charge in [-0.15, -0.1) is 0 Å². The highest BCUT2D eigenvalue weighted by molar-refractivity contribution is 5.99. The first kappa shape index (κ1) is 36.0. The monoisotopic (exact) mass is 760 g/mol. The summed E-state index contributed by atoms with van der Waals surface area (Å²) in [6.45, 7) is 1.57. The highest BCUT2D eigenvalue weighted by Crippen LogP contribution is 2.61. The van der Waals surface area contributed by atoms with Gasteiger partial charge in [0.15, 0.2) is 0 Å². The Kier molecular flexibility index (Phi) is 8.28. The maximum absolute atomic E-state index is 15.5. The molecular weight excluding hydrogens is 715 g/mol. The molecule has 5 saturated carbocycles. The number of rotatable bonds is 8. The lowest BCUT2D eigenvalue weighted by Gasteiger charge is -2.61. The topological polar surface area (TPSA) is 130 Å². The molecule has 8 aliphatic rings. The normalized spacial score (nSPS) is 35.1. The number of nitrogens with one attached hydrogen (secondary N) is 1. The molecule has 54 heavy (non-hydrogen) atoms. The van der Waals surface area contributed by atoms with Crippen LogP contribution in [-0.2, 0) is 20.9 Å². The van der Waals surface area contributed by atoms with Crippen molar-refractivity contribution in [3.05, 3.63) is 35.3 Å². The van der Waals surface area contributed by atoms with E-state index >= 15 is 13.2 Å². The molecule has 2 N–H and O–H groups in total. The van der Waals surface area contributed by atoms with Crippen LogP contribution in [0.1, 0.15) is 99.2 Å². The second kappa shape index (κ2) is 12.4. The number of hydrogen-bond acceptors (Lipinski definition) is 9. The standard InChI is InChI=1S/C38H45F5N6O5/c1-34(39,40)30-26(31(50)47-38(32(51)52)22-10-21-11-23(38)15-36(41,13-21)14-22)16-45-33(46-30)49-18-35(6-8-53-9-7-35)27-12-29(44-17-28(27)49)54-25-4-2-24(3-5-25)48-19-37(42,43)20-48/h12,16-17,21-25H,2-11,13-15,18-20H2,1H3,(H,47,50)(H,51,52)/t21?,22-,23+,24-,25-,36-,38-. The molecule has 7 fully saturated rings. The van der Waals surface area contributed by atoms with Crippen LogP contribution in [-0.4, -0.2) is 99.0 Å². The summed E-state index contributed by atoms with van der Waals surface area (Å²) in [6, 6.07) is 2.01. The SMILES string of the molecule is CC(F)(F)c1nc(N2CC3(CCOCC3)c3cc(O[C@H]4CC[C@H](N5CC(F)(F)C5)CC4)ncc32)ncc1C(=O)N[C@]1(C(=O)O)[C@@H]2CC3C[C@H]1C[C@@](F)(C3)C2. The van der Waals surface area contributed by atoms with Crippen molar-refractivity contribution in [3.63, 3.8) is 0 Å². The number of carboxylic acids is 1. The van der Waals surface area contributed by atoms with Gasteiger partial charge in [0, 0.05) is 50.4 Å². The summed E-state index contributed by atoms with van der Waals surface area (Å²) in [7, 11) is 0. The number of alkyl halides is 5. The molecule has 4 bridgehead atoms. The van der Waals surface area contributed by atoms with Crippen LogP contribution >= 0.6 is 0 Å². The van der Waals surface area contributed by atoms with E-state index in [-0.39, 0.29) is 49.9 Å². The molecule has 0 radical (unpaired) electrons. The third kappa shape index (κ3) is 5.91. The van der Waals surface area contributed by atoms with E-state index in [4.69, 9.17) is 9.47 Å². The van der Waals surface area contributed by atoms with Gasteiger partial charge in [-0.1, -0.05) is 0 Å². The van der Waals surface area contributed by atoms with E-state index in [1.807, 2.05) is 11.0 Å². The van der Waals surface area contributed by atoms with Crippen LogP contribution in [0, 0.1) is 17.8 Å². The van der Waals surface area contributed by atoms with Crippen molar-refractivity contribution in [2.45, 2.75) is 118 Å². The Balaban J connectivity index is 0.977. The number of anilines is 2. The second-order valence-electron chi connectivity index (χ2n) is 17.3. The Morgan fingerprint density at radius 2 is 1.67 bits per heavy atom. The minimum atomic E-state index is -3.60. The zero-order chi connectivity index (χ0) is 37.8. The number of carbonyl (C=O) groups is 2. The molecule has 16 heteroatoms. The van der Waals surface area contributed by atoms with Gasteiger partial charge in [-0.25, -0.2) is 32.9 Å². The summed E-state index contributed by atoms with van der Waals surface area (Å²) in [5, 5.41) is 13.1. The lowest BCUT2D eigenvalue weighted by atomic mass is 9.47. The molecule has 5 atom stereocenters. The number of pyridine rings is 1. The van der Waals surface area contributed by atoms with Gasteiger partial charge < -0.3 is 24.8 Å². The minimum Gasteiger partial charge on any atom is -0.479 e. The minimum absolute atomic E-state index is 0.00434. The Morgan fingerprint density at radius 3 is 2.28 bits per heavy atom. The molecule has 5 heterocycles. The smallest absolute Gasteiger partial charge is 0.330 e. The summed E-state index contributed by atoms with van der Waals surface area (Å²) < 4.78 is 85.3. The zero-order valence-corrected chi connectivity index (χ0v) is 30.1. The van der Waals surface area contributed by atoms with Gasteiger partial charge >= 0.3 is 5.97 Å². The van der Waals surface area contributed by atoms with E-state index < -0.39 is 63.4 Å². The first-order chi connectivity index (χ1) is 25.6. The maximum atomic E-state index is 15.5. The summed E-state index contributed by atoms with van der Waals surface area (Å²) in [5.41, 5.74) is -3.54. The number of aromatic nitrogens is 3. The molecule has 1 spiro atoms.